The summed E-state index contributed by atoms with van der Waals surface area (Å²) in [5.74, 6) is 0. The first-order valence-corrected chi connectivity index (χ1v) is 3.39. The van der Waals surface area contributed by atoms with E-state index in [0.29, 0.717) is 8.73 Å². The Balaban J connectivity index is 2.75. The molecule has 6 heavy (non-hydrogen) atoms. The lowest BCUT2D eigenvalue weighted by Crippen LogP contribution is -2.04. The third-order valence-electron chi connectivity index (χ3n) is 0.558. The van der Waals surface area contributed by atoms with Crippen molar-refractivity contribution < 1.29 is 5.21 Å². The number of hydrogen-bond acceptors (Lipinski definition) is 2. The van der Waals surface area contributed by atoms with Crippen LogP contribution in [0.5, 0.6) is 0 Å². The van der Waals surface area contributed by atoms with E-state index >= 15 is 0 Å². The van der Waals surface area contributed by atoms with Crippen LogP contribution in [0.4, 0.5) is 0 Å². The van der Waals surface area contributed by atoms with Crippen molar-refractivity contribution >= 4 is 8.73 Å². The van der Waals surface area contributed by atoms with Crippen molar-refractivity contribution in [2.24, 2.45) is 0 Å². The van der Waals surface area contributed by atoms with E-state index in [2.05, 4.69) is 0 Å². The zero-order valence-corrected chi connectivity index (χ0v) is 5.10. The summed E-state index contributed by atoms with van der Waals surface area (Å²) >= 11 is 0. The SMILES string of the molecule is CCN(O)PC. The summed E-state index contributed by atoms with van der Waals surface area (Å²) in [5.41, 5.74) is 0. The molecule has 0 aromatic heterocycles. The van der Waals surface area contributed by atoms with Gasteiger partial charge in [0.15, 0.2) is 0 Å². The first-order valence-electron chi connectivity index (χ1n) is 1.95. The van der Waals surface area contributed by atoms with Crippen molar-refractivity contribution in [3.8, 4) is 0 Å². The summed E-state index contributed by atoms with van der Waals surface area (Å²) < 4.78 is 0. The number of hydrogen-bond donors (Lipinski definition) is 1. The van der Waals surface area contributed by atoms with Gasteiger partial charge in [-0.2, -0.15) is 4.83 Å². The lowest BCUT2D eigenvalue weighted by Gasteiger charge is -2.04. The molecule has 0 bridgehead atoms. The molecule has 1 N–H and O–H groups in total. The number of hydroxylamine groups is 1. The molecular weight excluding hydrogens is 97.0 g/mol. The zero-order chi connectivity index (χ0) is 4.99. The molecule has 0 aliphatic rings. The van der Waals surface area contributed by atoms with Gasteiger partial charge in [-0.1, -0.05) is 0 Å². The second kappa shape index (κ2) is 3.54. The standard InChI is InChI=1S/C3H10NOP/c1-3-4(5)6-2/h5-6H,3H2,1-2H3. The number of nitrogens with zero attached hydrogens (tertiary/aromatic N) is 1. The molecule has 0 aromatic rings. The normalized spacial score (nSPS) is 12.0. The highest BCUT2D eigenvalue weighted by molar-refractivity contribution is 7.33. The Morgan fingerprint density at radius 1 is 1.83 bits per heavy atom. The van der Waals surface area contributed by atoms with Gasteiger partial charge in [0.05, 0.1) is 0 Å². The highest BCUT2D eigenvalue weighted by atomic mass is 31.1. The Morgan fingerprint density at radius 2 is 2.33 bits per heavy atom. The lowest BCUT2D eigenvalue weighted by atomic mass is 10.8. The largest absolute Gasteiger partial charge is 0.311 e. The van der Waals surface area contributed by atoms with E-state index in [9.17, 15) is 0 Å². The predicted octanol–water partition coefficient (Wildman–Crippen LogP) is 0.921. The molecule has 1 unspecified atom stereocenters. The summed E-state index contributed by atoms with van der Waals surface area (Å²) in [6.45, 7) is 4.58. The van der Waals surface area contributed by atoms with E-state index in [1.165, 1.54) is 4.83 Å². The zero-order valence-electron chi connectivity index (χ0n) is 4.10. The minimum atomic E-state index is 0.520. The van der Waals surface area contributed by atoms with Crippen molar-refractivity contribution in [1.29, 1.82) is 0 Å². The van der Waals surface area contributed by atoms with E-state index in [1.54, 1.807) is 0 Å². The molecule has 0 spiro atoms. The fourth-order valence-electron chi connectivity index (χ4n) is 0.158. The second-order valence-corrected chi connectivity index (χ2v) is 1.90. The summed E-state index contributed by atoms with van der Waals surface area (Å²) in [6, 6.07) is 0. The van der Waals surface area contributed by atoms with Gasteiger partial charge in [-0.3, -0.25) is 0 Å². The topological polar surface area (TPSA) is 23.5 Å². The molecule has 3 heteroatoms. The lowest BCUT2D eigenvalue weighted by molar-refractivity contribution is 0.0179. The van der Waals surface area contributed by atoms with Crippen LogP contribution in [0, 0.1) is 0 Å². The van der Waals surface area contributed by atoms with Crippen molar-refractivity contribution in [2.45, 2.75) is 6.92 Å². The van der Waals surface area contributed by atoms with Gasteiger partial charge < -0.3 is 5.21 Å². The Bertz CT molecular complexity index is 30.0. The molecule has 0 radical (unpaired) electrons. The average Bonchev–Trinajstić information content (AvgIpc) is 1.65. The van der Waals surface area contributed by atoms with Crippen LogP contribution in [0.3, 0.4) is 0 Å². The molecule has 0 heterocycles. The van der Waals surface area contributed by atoms with Crippen LogP contribution in [0.1, 0.15) is 6.92 Å². The van der Waals surface area contributed by atoms with Crippen molar-refractivity contribution in [3.05, 3.63) is 0 Å². The van der Waals surface area contributed by atoms with Crippen LogP contribution in [0.15, 0.2) is 0 Å². The molecule has 38 valence electrons. The molecule has 1 atom stereocenters. The van der Waals surface area contributed by atoms with Gasteiger partial charge in [0, 0.05) is 6.54 Å². The van der Waals surface area contributed by atoms with E-state index in [1.807, 2.05) is 13.6 Å². The number of rotatable bonds is 2. The van der Waals surface area contributed by atoms with Gasteiger partial charge in [-0.05, 0) is 22.3 Å². The van der Waals surface area contributed by atoms with Crippen LogP contribution in [-0.2, 0) is 0 Å². The van der Waals surface area contributed by atoms with Gasteiger partial charge >= 0.3 is 0 Å². The average molecular weight is 107 g/mol. The van der Waals surface area contributed by atoms with Crippen molar-refractivity contribution in [2.75, 3.05) is 13.2 Å². The van der Waals surface area contributed by atoms with Crippen LogP contribution < -0.4 is 0 Å². The van der Waals surface area contributed by atoms with Crippen molar-refractivity contribution in [1.82, 2.24) is 4.83 Å². The maximum Gasteiger partial charge on any atom is 0.0247 e. The van der Waals surface area contributed by atoms with Crippen molar-refractivity contribution in [3.63, 3.8) is 0 Å². The minimum absolute atomic E-state index is 0.520. The van der Waals surface area contributed by atoms with Gasteiger partial charge in [0.25, 0.3) is 0 Å². The highest BCUT2D eigenvalue weighted by Crippen LogP contribution is 2.05. The first kappa shape index (κ1) is 6.35. The van der Waals surface area contributed by atoms with Crippen LogP contribution in [0.25, 0.3) is 0 Å². The fourth-order valence-corrected chi connectivity index (χ4v) is 0.474. The smallest absolute Gasteiger partial charge is 0.0247 e. The maximum atomic E-state index is 8.51. The Kier molecular flexibility index (Phi) is 3.74. The molecular formula is C3H10NOP. The molecule has 0 aromatic carbocycles. The highest BCUT2D eigenvalue weighted by Gasteiger charge is 1.83. The van der Waals surface area contributed by atoms with Gasteiger partial charge in [-0.15, -0.1) is 0 Å². The molecule has 2 nitrogen and oxygen atoms in total. The van der Waals surface area contributed by atoms with Gasteiger partial charge in [0.1, 0.15) is 0 Å². The predicted molar refractivity (Wildman–Crippen MR) is 28.4 cm³/mol. The van der Waals surface area contributed by atoms with E-state index < -0.39 is 0 Å². The molecule has 0 aliphatic heterocycles. The Morgan fingerprint density at radius 3 is 2.33 bits per heavy atom. The summed E-state index contributed by atoms with van der Waals surface area (Å²) in [7, 11) is 0.520. The van der Waals surface area contributed by atoms with Gasteiger partial charge in [0.2, 0.25) is 0 Å². The second-order valence-electron chi connectivity index (χ2n) is 0.939. The maximum absolute atomic E-state index is 8.51. The fraction of sp³-hybridized carbons (Fsp3) is 1.00. The molecule has 0 rings (SSSR count). The third kappa shape index (κ3) is 2.58. The van der Waals surface area contributed by atoms with E-state index in [-0.39, 0.29) is 0 Å². The minimum Gasteiger partial charge on any atom is -0.311 e. The van der Waals surface area contributed by atoms with E-state index in [4.69, 9.17) is 5.21 Å². The third-order valence-corrected chi connectivity index (χ3v) is 1.39. The van der Waals surface area contributed by atoms with E-state index in [0.717, 1.165) is 6.54 Å². The molecule has 0 fully saturated rings. The molecule has 0 saturated heterocycles. The Hall–Kier alpha value is 0.350. The monoisotopic (exact) mass is 107 g/mol. The molecule has 0 aliphatic carbocycles. The Labute approximate surface area is 39.9 Å². The summed E-state index contributed by atoms with van der Waals surface area (Å²) in [5, 5.41) is 8.51. The molecule has 0 saturated carbocycles. The summed E-state index contributed by atoms with van der Waals surface area (Å²) in [4.78, 5) is 1.28. The first-order chi connectivity index (χ1) is 2.81. The molecule has 0 amide bonds. The summed E-state index contributed by atoms with van der Waals surface area (Å²) in [6.07, 6.45) is 0. The quantitative estimate of drug-likeness (QED) is 0.419. The van der Waals surface area contributed by atoms with Crippen LogP contribution in [0.2, 0.25) is 0 Å². The van der Waals surface area contributed by atoms with Crippen LogP contribution >= 0.6 is 8.73 Å². The van der Waals surface area contributed by atoms with Crippen LogP contribution in [-0.4, -0.2) is 23.3 Å². The van der Waals surface area contributed by atoms with Gasteiger partial charge in [-0.25, -0.2) is 0 Å².